The van der Waals surface area contributed by atoms with Gasteiger partial charge < -0.3 is 9.94 Å². The minimum Gasteiger partial charge on any atom is -0.490 e. The van der Waals surface area contributed by atoms with Crippen molar-refractivity contribution in [3.05, 3.63) is 77.4 Å². The number of halogens is 2. The molecule has 0 spiro atoms. The monoisotopic (exact) mass is 484 g/mol. The van der Waals surface area contributed by atoms with Crippen LogP contribution in [0.25, 0.3) is 34.0 Å². The summed E-state index contributed by atoms with van der Waals surface area (Å²) in [5, 5.41) is 12.6. The Kier molecular flexibility index (Phi) is 6.69. The van der Waals surface area contributed by atoms with E-state index in [4.69, 9.17) is 32.9 Å². The van der Waals surface area contributed by atoms with Crippen LogP contribution in [0.1, 0.15) is 0 Å². The standard InChI is InChI=1S/C23H18Cl2N4O2S/c1-3-12-31-15-7-4-6-14(13-15)21-20(18-10-11-26-23(27-18)32-2)28-22(29(21)30)19-16(24)8-5-9-17(19)25/h3-11,13,30H,1,12H2,2H3. The zero-order chi connectivity index (χ0) is 22.7. The Balaban J connectivity index is 1.97. The van der Waals surface area contributed by atoms with Crippen LogP contribution in [0.15, 0.2) is 72.5 Å². The van der Waals surface area contributed by atoms with E-state index < -0.39 is 0 Å². The molecule has 4 rings (SSSR count). The number of rotatable bonds is 7. The highest BCUT2D eigenvalue weighted by atomic mass is 35.5. The van der Waals surface area contributed by atoms with Crippen LogP contribution in [-0.2, 0) is 0 Å². The van der Waals surface area contributed by atoms with E-state index in [1.807, 2.05) is 30.5 Å². The van der Waals surface area contributed by atoms with Gasteiger partial charge in [-0.2, -0.15) is 4.73 Å². The summed E-state index contributed by atoms with van der Waals surface area (Å²) < 4.78 is 6.65. The number of benzene rings is 2. The highest BCUT2D eigenvalue weighted by Gasteiger charge is 2.25. The lowest BCUT2D eigenvalue weighted by Gasteiger charge is -2.10. The summed E-state index contributed by atoms with van der Waals surface area (Å²) in [6.45, 7) is 4.03. The first-order valence-electron chi connectivity index (χ1n) is 9.51. The third-order valence-electron chi connectivity index (χ3n) is 4.57. The number of aromatic nitrogens is 4. The lowest BCUT2D eigenvalue weighted by molar-refractivity contribution is 0.195. The van der Waals surface area contributed by atoms with Gasteiger partial charge in [0.15, 0.2) is 11.0 Å². The first-order valence-corrected chi connectivity index (χ1v) is 11.5. The SMILES string of the molecule is C=CCOc1cccc(-c2c(-c3ccnc(SC)n3)nc(-c3c(Cl)cccc3Cl)n2O)c1. The van der Waals surface area contributed by atoms with E-state index >= 15 is 0 Å². The molecular weight excluding hydrogens is 467 g/mol. The molecule has 0 saturated carbocycles. The molecule has 32 heavy (non-hydrogen) atoms. The van der Waals surface area contributed by atoms with Gasteiger partial charge in [0.1, 0.15) is 23.7 Å². The second kappa shape index (κ2) is 9.65. The molecule has 6 nitrogen and oxygen atoms in total. The van der Waals surface area contributed by atoms with Crippen molar-refractivity contribution in [3.63, 3.8) is 0 Å². The minimum atomic E-state index is 0.201. The van der Waals surface area contributed by atoms with Crippen molar-refractivity contribution in [2.24, 2.45) is 0 Å². The van der Waals surface area contributed by atoms with Gasteiger partial charge in [0.25, 0.3) is 0 Å². The molecule has 0 aliphatic heterocycles. The van der Waals surface area contributed by atoms with Crippen molar-refractivity contribution in [1.82, 2.24) is 19.7 Å². The predicted octanol–water partition coefficient (Wildman–Crippen LogP) is 6.50. The molecule has 0 amide bonds. The van der Waals surface area contributed by atoms with Gasteiger partial charge in [-0.05, 0) is 36.6 Å². The van der Waals surface area contributed by atoms with E-state index in [0.717, 1.165) is 4.73 Å². The Morgan fingerprint density at radius 1 is 1.12 bits per heavy atom. The van der Waals surface area contributed by atoms with Gasteiger partial charge in [-0.3, -0.25) is 0 Å². The van der Waals surface area contributed by atoms with Crippen molar-refractivity contribution in [2.75, 3.05) is 12.9 Å². The molecule has 2 heterocycles. The van der Waals surface area contributed by atoms with Crippen LogP contribution in [0.2, 0.25) is 10.0 Å². The summed E-state index contributed by atoms with van der Waals surface area (Å²) in [7, 11) is 0. The lowest BCUT2D eigenvalue weighted by Crippen LogP contribution is -1.99. The molecule has 162 valence electrons. The number of nitrogens with zero attached hydrogens (tertiary/aromatic N) is 4. The molecule has 0 aliphatic carbocycles. The summed E-state index contributed by atoms with van der Waals surface area (Å²) >= 11 is 14.2. The summed E-state index contributed by atoms with van der Waals surface area (Å²) in [4.78, 5) is 13.5. The molecule has 2 aromatic carbocycles. The Hall–Kier alpha value is -3.00. The van der Waals surface area contributed by atoms with Crippen LogP contribution < -0.4 is 4.74 Å². The van der Waals surface area contributed by atoms with Crippen molar-refractivity contribution < 1.29 is 9.94 Å². The number of ether oxygens (including phenoxy) is 1. The molecule has 0 saturated heterocycles. The van der Waals surface area contributed by atoms with Gasteiger partial charge in [-0.25, -0.2) is 15.0 Å². The van der Waals surface area contributed by atoms with E-state index in [-0.39, 0.29) is 5.82 Å². The van der Waals surface area contributed by atoms with Crippen LogP contribution in [0, 0.1) is 0 Å². The van der Waals surface area contributed by atoms with Crippen molar-refractivity contribution in [2.45, 2.75) is 5.16 Å². The van der Waals surface area contributed by atoms with Crippen LogP contribution in [0.5, 0.6) is 5.75 Å². The Morgan fingerprint density at radius 3 is 2.59 bits per heavy atom. The topological polar surface area (TPSA) is 73.1 Å². The number of hydrogen-bond acceptors (Lipinski definition) is 6. The maximum absolute atomic E-state index is 11.3. The summed E-state index contributed by atoms with van der Waals surface area (Å²) in [5.41, 5.74) is 2.52. The lowest BCUT2D eigenvalue weighted by atomic mass is 10.1. The second-order valence-electron chi connectivity index (χ2n) is 6.60. The highest BCUT2D eigenvalue weighted by molar-refractivity contribution is 7.98. The van der Waals surface area contributed by atoms with Gasteiger partial charge in [-0.1, -0.05) is 65.8 Å². The summed E-state index contributed by atoms with van der Waals surface area (Å²) in [6, 6.07) is 14.2. The normalized spacial score (nSPS) is 10.8. The molecule has 1 N–H and O–H groups in total. The van der Waals surface area contributed by atoms with E-state index in [1.165, 1.54) is 11.8 Å². The molecule has 0 atom stereocenters. The average molecular weight is 485 g/mol. The summed E-state index contributed by atoms with van der Waals surface area (Å²) in [6.07, 6.45) is 5.21. The Labute approximate surface area is 199 Å². The number of imidazole rings is 1. The van der Waals surface area contributed by atoms with E-state index in [0.29, 0.717) is 55.8 Å². The largest absolute Gasteiger partial charge is 0.490 e. The van der Waals surface area contributed by atoms with Crippen LogP contribution in [0.3, 0.4) is 0 Å². The van der Waals surface area contributed by atoms with E-state index in [9.17, 15) is 5.21 Å². The average Bonchev–Trinajstić information content (AvgIpc) is 3.14. The van der Waals surface area contributed by atoms with E-state index in [1.54, 1.807) is 36.5 Å². The Bertz CT molecular complexity index is 1270. The quantitative estimate of drug-likeness (QED) is 0.139. The molecule has 0 fully saturated rings. The van der Waals surface area contributed by atoms with Gasteiger partial charge in [0, 0.05) is 11.8 Å². The van der Waals surface area contributed by atoms with Crippen LogP contribution in [0.4, 0.5) is 0 Å². The van der Waals surface area contributed by atoms with Crippen molar-refractivity contribution >= 4 is 35.0 Å². The number of hydrogen-bond donors (Lipinski definition) is 1. The molecule has 2 aromatic heterocycles. The molecule has 0 radical (unpaired) electrons. The molecule has 0 unspecified atom stereocenters. The zero-order valence-electron chi connectivity index (χ0n) is 17.0. The van der Waals surface area contributed by atoms with Gasteiger partial charge in [0.2, 0.25) is 0 Å². The molecule has 0 aliphatic rings. The summed E-state index contributed by atoms with van der Waals surface area (Å²) in [5.74, 6) is 0.826. The van der Waals surface area contributed by atoms with Gasteiger partial charge >= 0.3 is 0 Å². The third-order valence-corrected chi connectivity index (χ3v) is 5.77. The molecular formula is C23H18Cl2N4O2S. The van der Waals surface area contributed by atoms with Crippen molar-refractivity contribution in [1.29, 1.82) is 0 Å². The molecule has 4 aromatic rings. The maximum atomic E-state index is 11.3. The molecule has 9 heteroatoms. The van der Waals surface area contributed by atoms with E-state index in [2.05, 4.69) is 16.5 Å². The smallest absolute Gasteiger partial charge is 0.187 e. The van der Waals surface area contributed by atoms with Crippen molar-refractivity contribution in [3.8, 4) is 39.8 Å². The third kappa shape index (κ3) is 4.32. The van der Waals surface area contributed by atoms with Crippen LogP contribution >= 0.6 is 35.0 Å². The molecule has 0 bridgehead atoms. The first kappa shape index (κ1) is 22.2. The maximum Gasteiger partial charge on any atom is 0.187 e. The van der Waals surface area contributed by atoms with Gasteiger partial charge in [-0.15, -0.1) is 0 Å². The van der Waals surface area contributed by atoms with Gasteiger partial charge in [0.05, 0.1) is 21.3 Å². The zero-order valence-corrected chi connectivity index (χ0v) is 19.3. The highest BCUT2D eigenvalue weighted by Crippen LogP contribution is 2.40. The second-order valence-corrected chi connectivity index (χ2v) is 8.18. The Morgan fingerprint density at radius 2 is 1.88 bits per heavy atom. The minimum absolute atomic E-state index is 0.201. The van der Waals surface area contributed by atoms with Crippen LogP contribution in [-0.4, -0.2) is 37.8 Å². The number of thioether (sulfide) groups is 1. The fourth-order valence-electron chi connectivity index (χ4n) is 3.18. The predicted molar refractivity (Wildman–Crippen MR) is 129 cm³/mol. The fraction of sp³-hybridized carbons (Fsp3) is 0.0870. The fourth-order valence-corrected chi connectivity index (χ4v) is 4.11. The first-order chi connectivity index (χ1) is 15.5.